The third-order valence-corrected chi connectivity index (χ3v) is 3.73. The lowest BCUT2D eigenvalue weighted by Gasteiger charge is -2.19. The fourth-order valence-corrected chi connectivity index (χ4v) is 2.59. The quantitative estimate of drug-likeness (QED) is 0.880. The average Bonchev–Trinajstić information content (AvgIpc) is 3.00. The maximum Gasteiger partial charge on any atom is 0.255 e. The van der Waals surface area contributed by atoms with E-state index < -0.39 is 0 Å². The van der Waals surface area contributed by atoms with Gasteiger partial charge in [-0.1, -0.05) is 17.9 Å². The van der Waals surface area contributed by atoms with E-state index in [1.807, 2.05) is 25.1 Å². The number of thiophene rings is 1. The van der Waals surface area contributed by atoms with E-state index in [4.69, 9.17) is 5.11 Å². The van der Waals surface area contributed by atoms with Gasteiger partial charge < -0.3 is 10.0 Å². The van der Waals surface area contributed by atoms with Crippen molar-refractivity contribution in [2.24, 2.45) is 0 Å². The van der Waals surface area contributed by atoms with E-state index >= 15 is 0 Å². The maximum atomic E-state index is 12.5. The van der Waals surface area contributed by atoms with Crippen LogP contribution in [0.1, 0.15) is 27.9 Å². The van der Waals surface area contributed by atoms with Crippen molar-refractivity contribution in [3.8, 4) is 11.8 Å². The van der Waals surface area contributed by atoms with Crippen LogP contribution in [-0.2, 0) is 6.54 Å². The molecule has 0 aliphatic carbocycles. The minimum Gasteiger partial charge on any atom is -0.384 e. The molecule has 1 N–H and O–H groups in total. The van der Waals surface area contributed by atoms with E-state index in [1.165, 1.54) is 11.3 Å². The Morgan fingerprint density at radius 2 is 2.33 bits per heavy atom. The highest BCUT2D eigenvalue weighted by atomic mass is 32.1. The second-order valence-electron chi connectivity index (χ2n) is 4.30. The number of rotatable bonds is 4. The summed E-state index contributed by atoms with van der Waals surface area (Å²) in [5.74, 6) is 5.36. The number of aromatic nitrogens is 1. The fraction of sp³-hybridized carbons (Fsp3) is 0.250. The van der Waals surface area contributed by atoms with E-state index in [2.05, 4.69) is 16.8 Å². The van der Waals surface area contributed by atoms with Crippen molar-refractivity contribution in [2.75, 3.05) is 13.2 Å². The van der Waals surface area contributed by atoms with Crippen molar-refractivity contribution >= 4 is 17.2 Å². The maximum absolute atomic E-state index is 12.5. The summed E-state index contributed by atoms with van der Waals surface area (Å²) >= 11 is 1.40. The van der Waals surface area contributed by atoms with Crippen LogP contribution in [0.25, 0.3) is 0 Å². The number of amides is 1. The highest BCUT2D eigenvalue weighted by molar-refractivity contribution is 7.10. The van der Waals surface area contributed by atoms with Gasteiger partial charge in [-0.2, -0.15) is 0 Å². The van der Waals surface area contributed by atoms with Gasteiger partial charge in [0.25, 0.3) is 5.91 Å². The molecule has 2 aromatic heterocycles. The molecular formula is C16H16N2O2S. The van der Waals surface area contributed by atoms with Crippen molar-refractivity contribution in [1.82, 2.24) is 9.88 Å². The monoisotopic (exact) mass is 300 g/mol. The summed E-state index contributed by atoms with van der Waals surface area (Å²) in [6, 6.07) is 7.43. The lowest BCUT2D eigenvalue weighted by molar-refractivity contribution is 0.0751. The molecule has 0 bridgehead atoms. The number of aliphatic hydroxyl groups excluding tert-OH is 1. The molecule has 0 aromatic carbocycles. The van der Waals surface area contributed by atoms with Crippen molar-refractivity contribution in [3.63, 3.8) is 0 Å². The molecule has 2 rings (SSSR count). The molecule has 0 radical (unpaired) electrons. The molecule has 0 saturated heterocycles. The Morgan fingerprint density at radius 1 is 1.48 bits per heavy atom. The van der Waals surface area contributed by atoms with Crippen LogP contribution in [0.4, 0.5) is 0 Å². The Hall–Kier alpha value is -2.16. The van der Waals surface area contributed by atoms with Crippen LogP contribution in [0.15, 0.2) is 35.8 Å². The first-order valence-electron chi connectivity index (χ1n) is 6.62. The van der Waals surface area contributed by atoms with Gasteiger partial charge in [-0.25, -0.2) is 0 Å². The molecule has 0 spiro atoms. The van der Waals surface area contributed by atoms with Crippen LogP contribution in [0.2, 0.25) is 0 Å². The second-order valence-corrected chi connectivity index (χ2v) is 5.21. The molecule has 21 heavy (non-hydrogen) atoms. The number of hydrogen-bond acceptors (Lipinski definition) is 4. The van der Waals surface area contributed by atoms with Crippen molar-refractivity contribution in [1.29, 1.82) is 0 Å². The van der Waals surface area contributed by atoms with Crippen LogP contribution < -0.4 is 0 Å². The first kappa shape index (κ1) is 15.2. The second kappa shape index (κ2) is 7.58. The lowest BCUT2D eigenvalue weighted by atomic mass is 10.2. The molecule has 0 fully saturated rings. The summed E-state index contributed by atoms with van der Waals surface area (Å²) in [6.07, 6.45) is 1.72. The van der Waals surface area contributed by atoms with Gasteiger partial charge in [-0.05, 0) is 25.1 Å². The first-order chi connectivity index (χ1) is 10.2. The van der Waals surface area contributed by atoms with Gasteiger partial charge in [0.15, 0.2) is 0 Å². The normalized spacial score (nSPS) is 9.81. The Kier molecular flexibility index (Phi) is 5.50. The molecule has 0 aliphatic heterocycles. The number of nitrogens with zero attached hydrogens (tertiary/aromatic N) is 2. The van der Waals surface area contributed by atoms with E-state index in [0.29, 0.717) is 18.7 Å². The zero-order valence-electron chi connectivity index (χ0n) is 11.7. The first-order valence-corrected chi connectivity index (χ1v) is 7.50. The van der Waals surface area contributed by atoms with Crippen molar-refractivity contribution in [2.45, 2.75) is 13.5 Å². The molecule has 4 nitrogen and oxygen atoms in total. The summed E-state index contributed by atoms with van der Waals surface area (Å²) in [6.45, 7) is 2.87. The van der Waals surface area contributed by atoms with Crippen LogP contribution >= 0.6 is 11.3 Å². The van der Waals surface area contributed by atoms with Crippen molar-refractivity contribution in [3.05, 3.63) is 52.0 Å². The van der Waals surface area contributed by atoms with Gasteiger partial charge in [0, 0.05) is 18.1 Å². The summed E-state index contributed by atoms with van der Waals surface area (Å²) in [5.41, 5.74) is 1.49. The molecule has 2 aromatic rings. The summed E-state index contributed by atoms with van der Waals surface area (Å²) in [4.78, 5) is 19.2. The third kappa shape index (κ3) is 4.15. The predicted molar refractivity (Wildman–Crippen MR) is 82.9 cm³/mol. The van der Waals surface area contributed by atoms with Crippen LogP contribution in [0, 0.1) is 11.8 Å². The highest BCUT2D eigenvalue weighted by Crippen LogP contribution is 2.16. The standard InChI is InChI=1S/C16H16N2O2S/c1-2-18(11-14-6-3-4-8-17-14)16(20)13-10-15(21-12-13)7-5-9-19/h3-4,6,8,10,12,19H,2,9,11H2,1H3. The molecule has 0 saturated carbocycles. The Morgan fingerprint density at radius 3 is 3.00 bits per heavy atom. The number of carbonyl (C=O) groups is 1. The molecule has 108 valence electrons. The molecule has 5 heteroatoms. The minimum absolute atomic E-state index is 0.0311. The van der Waals surface area contributed by atoms with E-state index in [-0.39, 0.29) is 12.5 Å². The predicted octanol–water partition coefficient (Wildman–Crippen LogP) is 2.15. The molecule has 2 heterocycles. The van der Waals surface area contributed by atoms with Gasteiger partial charge in [-0.3, -0.25) is 9.78 Å². The number of aliphatic hydroxyl groups is 1. The van der Waals surface area contributed by atoms with Gasteiger partial charge in [-0.15, -0.1) is 11.3 Å². The molecular weight excluding hydrogens is 284 g/mol. The van der Waals surface area contributed by atoms with E-state index in [0.717, 1.165) is 10.6 Å². The van der Waals surface area contributed by atoms with Crippen LogP contribution in [-0.4, -0.2) is 34.0 Å². The highest BCUT2D eigenvalue weighted by Gasteiger charge is 2.16. The van der Waals surface area contributed by atoms with Gasteiger partial charge in [0.2, 0.25) is 0 Å². The van der Waals surface area contributed by atoms with E-state index in [1.54, 1.807) is 22.5 Å². The lowest BCUT2D eigenvalue weighted by Crippen LogP contribution is -2.30. The molecule has 1 amide bonds. The van der Waals surface area contributed by atoms with E-state index in [9.17, 15) is 4.79 Å². The van der Waals surface area contributed by atoms with Crippen molar-refractivity contribution < 1.29 is 9.90 Å². The summed E-state index contributed by atoms with van der Waals surface area (Å²) in [7, 11) is 0. The zero-order chi connectivity index (χ0) is 15.1. The number of pyridine rings is 1. The average molecular weight is 300 g/mol. The smallest absolute Gasteiger partial charge is 0.255 e. The third-order valence-electron chi connectivity index (χ3n) is 2.88. The zero-order valence-corrected chi connectivity index (χ0v) is 12.6. The molecule has 0 atom stereocenters. The Labute approximate surface area is 128 Å². The van der Waals surface area contributed by atoms with Crippen LogP contribution in [0.5, 0.6) is 0 Å². The Bertz CT molecular complexity index is 656. The molecule has 0 aliphatic rings. The van der Waals surface area contributed by atoms with Gasteiger partial charge in [0.1, 0.15) is 6.61 Å². The molecule has 0 unspecified atom stereocenters. The largest absolute Gasteiger partial charge is 0.384 e. The summed E-state index contributed by atoms with van der Waals surface area (Å²) < 4.78 is 0. The number of hydrogen-bond donors (Lipinski definition) is 1. The minimum atomic E-state index is -0.179. The summed E-state index contributed by atoms with van der Waals surface area (Å²) in [5, 5.41) is 10.5. The SMILES string of the molecule is CCN(Cc1ccccn1)C(=O)c1csc(C#CCO)c1. The topological polar surface area (TPSA) is 53.4 Å². The van der Waals surface area contributed by atoms with Gasteiger partial charge in [0.05, 0.1) is 22.7 Å². The fourth-order valence-electron chi connectivity index (χ4n) is 1.84. The Balaban J connectivity index is 2.11. The number of carbonyl (C=O) groups excluding carboxylic acids is 1. The van der Waals surface area contributed by atoms with Gasteiger partial charge >= 0.3 is 0 Å². The van der Waals surface area contributed by atoms with Crippen LogP contribution in [0.3, 0.4) is 0 Å².